The van der Waals surface area contributed by atoms with E-state index in [-0.39, 0.29) is 0 Å². The van der Waals surface area contributed by atoms with Gasteiger partial charge in [-0.1, -0.05) is 19.8 Å². The van der Waals surface area contributed by atoms with E-state index in [9.17, 15) is 0 Å². The van der Waals surface area contributed by atoms with Crippen molar-refractivity contribution in [2.45, 2.75) is 51.5 Å². The van der Waals surface area contributed by atoms with Gasteiger partial charge in [-0.3, -0.25) is 0 Å². The molecule has 116 valence electrons. The molecule has 4 nitrogen and oxygen atoms in total. The number of hydrogen-bond donors (Lipinski definition) is 1. The van der Waals surface area contributed by atoms with Gasteiger partial charge in [0.05, 0.1) is 0 Å². The van der Waals surface area contributed by atoms with Gasteiger partial charge in [-0.25, -0.2) is 9.97 Å². The summed E-state index contributed by atoms with van der Waals surface area (Å²) in [5, 5.41) is 3.81. The molecule has 0 amide bonds. The van der Waals surface area contributed by atoms with E-state index in [0.717, 1.165) is 30.9 Å². The van der Waals surface area contributed by atoms with Crippen LogP contribution in [0.2, 0.25) is 0 Å². The second kappa shape index (κ2) is 7.21. The standard InChI is InChI=1S/C17H28N4/c1-14-5-2-6-15(11-14)12-20-16-7-3-10-21(13-16)17-18-8-4-9-19-17/h4,8-9,14-16,20H,2-3,5-7,10-13H2,1H3. The molecule has 0 aromatic carbocycles. The van der Waals surface area contributed by atoms with Crippen molar-refractivity contribution < 1.29 is 0 Å². The summed E-state index contributed by atoms with van der Waals surface area (Å²) in [5.74, 6) is 2.69. The van der Waals surface area contributed by atoms with Gasteiger partial charge in [-0.2, -0.15) is 0 Å². The maximum absolute atomic E-state index is 4.38. The second-order valence-electron chi connectivity index (χ2n) is 6.88. The van der Waals surface area contributed by atoms with Crippen molar-refractivity contribution in [2.24, 2.45) is 11.8 Å². The highest BCUT2D eigenvalue weighted by Crippen LogP contribution is 2.28. The molecule has 0 spiro atoms. The average Bonchev–Trinajstić information content (AvgIpc) is 2.54. The van der Waals surface area contributed by atoms with Crippen LogP contribution in [-0.4, -0.2) is 35.6 Å². The third kappa shape index (κ3) is 4.16. The topological polar surface area (TPSA) is 41.0 Å². The summed E-state index contributed by atoms with van der Waals surface area (Å²) in [4.78, 5) is 11.1. The van der Waals surface area contributed by atoms with Crippen LogP contribution in [0.15, 0.2) is 18.5 Å². The van der Waals surface area contributed by atoms with Gasteiger partial charge in [-0.05, 0) is 50.1 Å². The molecule has 21 heavy (non-hydrogen) atoms. The Morgan fingerprint density at radius 1 is 1.19 bits per heavy atom. The van der Waals surface area contributed by atoms with Gasteiger partial charge in [0.1, 0.15) is 0 Å². The van der Waals surface area contributed by atoms with Crippen LogP contribution in [0.3, 0.4) is 0 Å². The maximum Gasteiger partial charge on any atom is 0.225 e. The second-order valence-corrected chi connectivity index (χ2v) is 6.88. The molecule has 1 saturated heterocycles. The smallest absolute Gasteiger partial charge is 0.225 e. The van der Waals surface area contributed by atoms with Gasteiger partial charge in [0.15, 0.2) is 0 Å². The Balaban J connectivity index is 1.47. The van der Waals surface area contributed by atoms with Crippen molar-refractivity contribution in [3.63, 3.8) is 0 Å². The lowest BCUT2D eigenvalue weighted by molar-refractivity contribution is 0.261. The Kier molecular flexibility index (Phi) is 5.07. The largest absolute Gasteiger partial charge is 0.339 e. The SMILES string of the molecule is CC1CCCC(CNC2CCCN(c3ncccn3)C2)C1. The van der Waals surface area contributed by atoms with E-state index in [0.29, 0.717) is 6.04 Å². The van der Waals surface area contributed by atoms with Gasteiger partial charge < -0.3 is 10.2 Å². The van der Waals surface area contributed by atoms with Crippen LogP contribution in [0, 0.1) is 11.8 Å². The summed E-state index contributed by atoms with van der Waals surface area (Å²) < 4.78 is 0. The Hall–Kier alpha value is -1.16. The summed E-state index contributed by atoms with van der Waals surface area (Å²) in [7, 11) is 0. The lowest BCUT2D eigenvalue weighted by Gasteiger charge is -2.35. The summed E-state index contributed by atoms with van der Waals surface area (Å²) >= 11 is 0. The van der Waals surface area contributed by atoms with E-state index in [1.807, 2.05) is 18.5 Å². The molecule has 4 heteroatoms. The molecule has 1 N–H and O–H groups in total. The molecule has 1 aliphatic heterocycles. The molecular formula is C17H28N4. The van der Waals surface area contributed by atoms with E-state index in [2.05, 4.69) is 27.1 Å². The predicted octanol–water partition coefficient (Wildman–Crippen LogP) is 2.86. The quantitative estimate of drug-likeness (QED) is 0.925. The molecule has 1 saturated carbocycles. The van der Waals surface area contributed by atoms with E-state index >= 15 is 0 Å². The van der Waals surface area contributed by atoms with Crippen molar-refractivity contribution in [3.05, 3.63) is 18.5 Å². The van der Waals surface area contributed by atoms with E-state index in [4.69, 9.17) is 0 Å². The van der Waals surface area contributed by atoms with Gasteiger partial charge in [0, 0.05) is 31.5 Å². The van der Waals surface area contributed by atoms with Crippen LogP contribution in [0.1, 0.15) is 45.4 Å². The number of hydrogen-bond acceptors (Lipinski definition) is 4. The highest BCUT2D eigenvalue weighted by atomic mass is 15.3. The first-order valence-corrected chi connectivity index (χ1v) is 8.56. The molecule has 2 heterocycles. The minimum absolute atomic E-state index is 0.597. The Morgan fingerprint density at radius 2 is 2.05 bits per heavy atom. The zero-order valence-corrected chi connectivity index (χ0v) is 13.2. The van der Waals surface area contributed by atoms with Crippen molar-refractivity contribution in [3.8, 4) is 0 Å². The normalized spacial score (nSPS) is 30.3. The molecule has 2 fully saturated rings. The summed E-state index contributed by atoms with van der Waals surface area (Å²) in [6.45, 7) is 5.73. The number of rotatable bonds is 4. The van der Waals surface area contributed by atoms with Crippen LogP contribution in [0.5, 0.6) is 0 Å². The molecule has 0 bridgehead atoms. The molecule has 1 aromatic heterocycles. The Morgan fingerprint density at radius 3 is 2.86 bits per heavy atom. The summed E-state index contributed by atoms with van der Waals surface area (Å²) in [6, 6.07) is 2.48. The molecule has 3 atom stereocenters. The summed E-state index contributed by atoms with van der Waals surface area (Å²) in [6.07, 6.45) is 11.9. The lowest BCUT2D eigenvalue weighted by atomic mass is 9.82. The molecule has 1 aliphatic carbocycles. The molecule has 2 aliphatic rings. The monoisotopic (exact) mass is 288 g/mol. The highest BCUT2D eigenvalue weighted by Gasteiger charge is 2.23. The fourth-order valence-electron chi connectivity index (χ4n) is 3.86. The van der Waals surface area contributed by atoms with Crippen molar-refractivity contribution in [1.29, 1.82) is 0 Å². The predicted molar refractivity (Wildman–Crippen MR) is 86.4 cm³/mol. The first-order chi connectivity index (χ1) is 10.3. The van der Waals surface area contributed by atoms with Crippen molar-refractivity contribution >= 4 is 5.95 Å². The Bertz CT molecular complexity index is 422. The minimum Gasteiger partial charge on any atom is -0.339 e. The van der Waals surface area contributed by atoms with E-state index < -0.39 is 0 Å². The van der Waals surface area contributed by atoms with Crippen LogP contribution in [-0.2, 0) is 0 Å². The average molecular weight is 288 g/mol. The summed E-state index contributed by atoms with van der Waals surface area (Å²) in [5.41, 5.74) is 0. The van der Waals surface area contributed by atoms with Crippen LogP contribution < -0.4 is 10.2 Å². The number of nitrogens with one attached hydrogen (secondary N) is 1. The minimum atomic E-state index is 0.597. The Labute approximate surface area is 128 Å². The zero-order chi connectivity index (χ0) is 14.5. The molecular weight excluding hydrogens is 260 g/mol. The van der Waals surface area contributed by atoms with Gasteiger partial charge >= 0.3 is 0 Å². The molecule has 1 aromatic rings. The van der Waals surface area contributed by atoms with E-state index in [1.54, 1.807) is 0 Å². The number of aromatic nitrogens is 2. The third-order valence-corrected chi connectivity index (χ3v) is 5.00. The first-order valence-electron chi connectivity index (χ1n) is 8.56. The fraction of sp³-hybridized carbons (Fsp3) is 0.765. The number of nitrogens with zero attached hydrogens (tertiary/aromatic N) is 3. The highest BCUT2D eigenvalue weighted by molar-refractivity contribution is 5.29. The maximum atomic E-state index is 4.38. The number of piperidine rings is 1. The van der Waals surface area contributed by atoms with Gasteiger partial charge in [0.25, 0.3) is 0 Å². The van der Waals surface area contributed by atoms with Crippen LogP contribution in [0.4, 0.5) is 5.95 Å². The fourth-order valence-corrected chi connectivity index (χ4v) is 3.86. The van der Waals surface area contributed by atoms with Crippen LogP contribution >= 0.6 is 0 Å². The van der Waals surface area contributed by atoms with Gasteiger partial charge in [-0.15, -0.1) is 0 Å². The third-order valence-electron chi connectivity index (χ3n) is 5.00. The van der Waals surface area contributed by atoms with E-state index in [1.165, 1.54) is 45.1 Å². The molecule has 3 rings (SSSR count). The zero-order valence-electron chi connectivity index (χ0n) is 13.2. The van der Waals surface area contributed by atoms with Crippen molar-refractivity contribution in [1.82, 2.24) is 15.3 Å². The van der Waals surface area contributed by atoms with Crippen LogP contribution in [0.25, 0.3) is 0 Å². The molecule has 0 radical (unpaired) electrons. The number of anilines is 1. The van der Waals surface area contributed by atoms with Crippen molar-refractivity contribution in [2.75, 3.05) is 24.5 Å². The first kappa shape index (κ1) is 14.8. The van der Waals surface area contributed by atoms with Gasteiger partial charge in [0.2, 0.25) is 5.95 Å². The molecule has 3 unspecified atom stereocenters. The lowest BCUT2D eigenvalue weighted by Crippen LogP contribution is -2.47.